The summed E-state index contributed by atoms with van der Waals surface area (Å²) in [6.07, 6.45) is -0.765. The minimum absolute atomic E-state index is 0.109. The van der Waals surface area contributed by atoms with E-state index >= 15 is 0 Å². The third kappa shape index (κ3) is 1.69. The largest absolute Gasteiger partial charge is 0.424 e. The number of rotatable bonds is 3. The molecule has 1 aliphatic heterocycles. The van der Waals surface area contributed by atoms with E-state index in [2.05, 4.69) is 0 Å². The topological polar surface area (TPSA) is 72.5 Å². The molecule has 5 heteroatoms. The normalized spacial score (nSPS) is 23.1. The van der Waals surface area contributed by atoms with Crippen LogP contribution in [0.4, 0.5) is 4.79 Å². The number of nitrogens with one attached hydrogen (secondary N) is 1. The summed E-state index contributed by atoms with van der Waals surface area (Å²) in [5, 5.41) is 1.99. The molecule has 5 nitrogen and oxygen atoms in total. The summed E-state index contributed by atoms with van der Waals surface area (Å²) in [7, 11) is 0. The Morgan fingerprint density at radius 1 is 1.29 bits per heavy atom. The summed E-state index contributed by atoms with van der Waals surface area (Å²) < 4.78 is 4.88. The van der Waals surface area contributed by atoms with Crippen molar-refractivity contribution in [3.63, 3.8) is 0 Å². The molecule has 17 heavy (non-hydrogen) atoms. The number of Topliss-reactive ketones (excluding diaryl/α,β-unsaturated/α-hetero) is 1. The molecule has 2 amide bonds. The molecule has 0 spiro atoms. The second kappa shape index (κ2) is 4.01. The Morgan fingerprint density at radius 2 is 1.94 bits per heavy atom. The lowest BCUT2D eigenvalue weighted by molar-refractivity contribution is -0.128. The van der Waals surface area contributed by atoms with Crippen molar-refractivity contribution < 1.29 is 19.1 Å². The van der Waals surface area contributed by atoms with Gasteiger partial charge in [-0.25, -0.2) is 4.79 Å². The van der Waals surface area contributed by atoms with E-state index in [9.17, 15) is 14.4 Å². The summed E-state index contributed by atoms with van der Waals surface area (Å²) in [6.45, 7) is 1.62. The molecule has 0 aliphatic carbocycles. The third-order valence-electron chi connectivity index (χ3n) is 2.75. The number of amides is 2. The summed E-state index contributed by atoms with van der Waals surface area (Å²) in [5.41, 5.74) is -1.36. The second-order valence-corrected chi connectivity index (χ2v) is 3.72. The standard InChI is InChI=1S/C12H11NO4/c1-2-12(10(15)13-11(16)17-12)9(14)8-6-4-3-5-7-8/h3-7H,2H2,1H3,(H,13,15,16). The molecule has 88 valence electrons. The molecule has 1 unspecified atom stereocenters. The fourth-order valence-corrected chi connectivity index (χ4v) is 1.79. The Hall–Kier alpha value is -2.17. The molecule has 1 aromatic rings. The van der Waals surface area contributed by atoms with Crippen LogP contribution in [0.15, 0.2) is 30.3 Å². The maximum Gasteiger partial charge on any atom is 0.415 e. The van der Waals surface area contributed by atoms with Crippen LogP contribution in [0, 0.1) is 0 Å². The smallest absolute Gasteiger partial charge is 0.415 e. The zero-order valence-corrected chi connectivity index (χ0v) is 9.23. The monoisotopic (exact) mass is 233 g/mol. The van der Waals surface area contributed by atoms with Crippen molar-refractivity contribution in [1.29, 1.82) is 0 Å². The van der Waals surface area contributed by atoms with Crippen LogP contribution in [0.1, 0.15) is 23.7 Å². The lowest BCUT2D eigenvalue weighted by atomic mass is 9.90. The number of cyclic esters (lactones) is 1. The van der Waals surface area contributed by atoms with Gasteiger partial charge in [0.05, 0.1) is 0 Å². The molecule has 0 saturated carbocycles. The van der Waals surface area contributed by atoms with Crippen LogP contribution in [-0.2, 0) is 9.53 Å². The van der Waals surface area contributed by atoms with Gasteiger partial charge < -0.3 is 4.74 Å². The van der Waals surface area contributed by atoms with Crippen LogP contribution in [0.5, 0.6) is 0 Å². The molecule has 0 bridgehead atoms. The highest BCUT2D eigenvalue weighted by atomic mass is 16.6. The first-order chi connectivity index (χ1) is 8.10. The minimum atomic E-state index is -1.71. The van der Waals surface area contributed by atoms with Crippen molar-refractivity contribution in [1.82, 2.24) is 5.32 Å². The van der Waals surface area contributed by atoms with Gasteiger partial charge in [-0.3, -0.25) is 14.9 Å². The molecular weight excluding hydrogens is 222 g/mol. The number of hydrogen-bond donors (Lipinski definition) is 1. The lowest BCUT2D eigenvalue weighted by Gasteiger charge is -2.20. The van der Waals surface area contributed by atoms with Crippen molar-refractivity contribution in [2.24, 2.45) is 0 Å². The molecular formula is C12H11NO4. The maximum absolute atomic E-state index is 12.2. The summed E-state index contributed by atoms with van der Waals surface area (Å²) in [6, 6.07) is 8.30. The fourth-order valence-electron chi connectivity index (χ4n) is 1.79. The molecule has 1 saturated heterocycles. The highest BCUT2D eigenvalue weighted by molar-refractivity contribution is 6.22. The molecule has 1 atom stereocenters. The second-order valence-electron chi connectivity index (χ2n) is 3.72. The Kier molecular flexibility index (Phi) is 2.67. The van der Waals surface area contributed by atoms with E-state index in [4.69, 9.17) is 4.74 Å². The van der Waals surface area contributed by atoms with Gasteiger partial charge in [-0.1, -0.05) is 37.3 Å². The van der Waals surface area contributed by atoms with Crippen LogP contribution in [0.2, 0.25) is 0 Å². The SMILES string of the molecule is CCC1(C(=O)c2ccccc2)OC(=O)NC1=O. The Labute approximate surface area is 97.8 Å². The lowest BCUT2D eigenvalue weighted by Crippen LogP contribution is -2.46. The van der Waals surface area contributed by atoms with Crippen molar-refractivity contribution in [2.45, 2.75) is 18.9 Å². The number of carbonyl (C=O) groups excluding carboxylic acids is 3. The zero-order valence-electron chi connectivity index (χ0n) is 9.23. The van der Waals surface area contributed by atoms with E-state index in [1.165, 1.54) is 0 Å². The first-order valence-electron chi connectivity index (χ1n) is 5.24. The average Bonchev–Trinajstić information content (AvgIpc) is 2.65. The van der Waals surface area contributed by atoms with Gasteiger partial charge in [-0.15, -0.1) is 0 Å². The van der Waals surface area contributed by atoms with E-state index in [1.54, 1.807) is 37.3 Å². The van der Waals surface area contributed by atoms with Crippen molar-refractivity contribution in [3.05, 3.63) is 35.9 Å². The molecule has 1 fully saturated rings. The molecule has 1 aromatic carbocycles. The zero-order chi connectivity index (χ0) is 12.5. The van der Waals surface area contributed by atoms with E-state index in [0.29, 0.717) is 5.56 Å². The molecule has 0 radical (unpaired) electrons. The van der Waals surface area contributed by atoms with Gasteiger partial charge in [0.2, 0.25) is 5.78 Å². The summed E-state index contributed by atoms with van der Waals surface area (Å²) >= 11 is 0. The predicted molar refractivity (Wildman–Crippen MR) is 58.4 cm³/mol. The van der Waals surface area contributed by atoms with Crippen LogP contribution in [0.3, 0.4) is 0 Å². The average molecular weight is 233 g/mol. The fraction of sp³-hybridized carbons (Fsp3) is 0.250. The van der Waals surface area contributed by atoms with E-state index in [1.807, 2.05) is 5.32 Å². The van der Waals surface area contributed by atoms with Crippen LogP contribution in [0.25, 0.3) is 0 Å². The summed E-state index contributed by atoms with van der Waals surface area (Å²) in [5.74, 6) is -1.19. The molecule has 1 aliphatic rings. The van der Waals surface area contributed by atoms with E-state index in [0.717, 1.165) is 0 Å². The van der Waals surface area contributed by atoms with E-state index in [-0.39, 0.29) is 6.42 Å². The van der Waals surface area contributed by atoms with Gasteiger partial charge in [0, 0.05) is 12.0 Å². The number of alkyl carbamates (subject to hydrolysis) is 1. The van der Waals surface area contributed by atoms with Crippen LogP contribution >= 0.6 is 0 Å². The molecule has 1 N–H and O–H groups in total. The van der Waals surface area contributed by atoms with Crippen molar-refractivity contribution in [2.75, 3.05) is 0 Å². The predicted octanol–water partition coefficient (Wildman–Crippen LogP) is 1.28. The van der Waals surface area contributed by atoms with Gasteiger partial charge in [0.15, 0.2) is 0 Å². The number of ketones is 1. The Balaban J connectivity index is 2.41. The quantitative estimate of drug-likeness (QED) is 0.630. The van der Waals surface area contributed by atoms with Crippen LogP contribution in [-0.4, -0.2) is 23.4 Å². The van der Waals surface area contributed by atoms with Gasteiger partial charge >= 0.3 is 6.09 Å². The highest BCUT2D eigenvalue weighted by Crippen LogP contribution is 2.26. The number of hydrogen-bond acceptors (Lipinski definition) is 4. The Morgan fingerprint density at radius 3 is 2.41 bits per heavy atom. The first kappa shape index (κ1) is 11.3. The summed E-state index contributed by atoms with van der Waals surface area (Å²) in [4.78, 5) is 34.9. The van der Waals surface area contributed by atoms with Crippen LogP contribution < -0.4 is 5.32 Å². The molecule has 0 aromatic heterocycles. The Bertz CT molecular complexity index is 483. The maximum atomic E-state index is 12.2. The van der Waals surface area contributed by atoms with Gasteiger partial charge in [-0.05, 0) is 0 Å². The number of benzene rings is 1. The van der Waals surface area contributed by atoms with Crippen molar-refractivity contribution >= 4 is 17.8 Å². The van der Waals surface area contributed by atoms with E-state index < -0.39 is 23.4 Å². The molecule has 2 rings (SSSR count). The van der Waals surface area contributed by atoms with Gasteiger partial charge in [0.1, 0.15) is 0 Å². The number of carbonyl (C=O) groups is 3. The first-order valence-corrected chi connectivity index (χ1v) is 5.24. The highest BCUT2D eigenvalue weighted by Gasteiger charge is 2.53. The van der Waals surface area contributed by atoms with Gasteiger partial charge in [0.25, 0.3) is 11.5 Å². The van der Waals surface area contributed by atoms with Crippen molar-refractivity contribution in [3.8, 4) is 0 Å². The number of imide groups is 1. The third-order valence-corrected chi connectivity index (χ3v) is 2.75. The van der Waals surface area contributed by atoms with Gasteiger partial charge in [-0.2, -0.15) is 0 Å². The minimum Gasteiger partial charge on any atom is -0.424 e. The molecule has 1 heterocycles. The number of ether oxygens (including phenoxy) is 1.